The predicted molar refractivity (Wildman–Crippen MR) is 85.0 cm³/mol. The lowest BCUT2D eigenvalue weighted by Gasteiger charge is -2.46. The molecule has 3 fully saturated rings. The van der Waals surface area contributed by atoms with Crippen molar-refractivity contribution < 1.29 is 0 Å². The lowest BCUT2D eigenvalue weighted by atomic mass is 9.78. The Bertz CT molecular complexity index is 307. The largest absolute Gasteiger partial charge is 0.317 e. The van der Waals surface area contributed by atoms with Crippen LogP contribution in [0.1, 0.15) is 45.4 Å². The molecule has 1 N–H and O–H groups in total. The molecular formula is C17H33N3. The highest BCUT2D eigenvalue weighted by Gasteiger charge is 2.33. The first-order valence-corrected chi connectivity index (χ1v) is 8.90. The molecule has 0 amide bonds. The fraction of sp³-hybridized carbons (Fsp3) is 1.00. The van der Waals surface area contributed by atoms with E-state index in [1.54, 1.807) is 0 Å². The Morgan fingerprint density at radius 2 is 1.95 bits per heavy atom. The summed E-state index contributed by atoms with van der Waals surface area (Å²) in [5.41, 5.74) is 0. The fourth-order valence-corrected chi connectivity index (χ4v) is 4.80. The molecule has 2 aliphatic heterocycles. The molecule has 0 spiro atoms. The van der Waals surface area contributed by atoms with Crippen LogP contribution >= 0.6 is 0 Å². The minimum Gasteiger partial charge on any atom is -0.317 e. The maximum atomic E-state index is 3.58. The van der Waals surface area contributed by atoms with Gasteiger partial charge in [0.1, 0.15) is 0 Å². The van der Waals surface area contributed by atoms with E-state index in [0.29, 0.717) is 0 Å². The Kier molecular flexibility index (Phi) is 5.00. The number of nitrogens with zero attached hydrogens (tertiary/aromatic N) is 2. The van der Waals surface area contributed by atoms with E-state index < -0.39 is 0 Å². The second-order valence-electron chi connectivity index (χ2n) is 7.52. The summed E-state index contributed by atoms with van der Waals surface area (Å²) in [5, 5.41) is 3.58. The van der Waals surface area contributed by atoms with Gasteiger partial charge in [-0.2, -0.15) is 0 Å². The zero-order chi connectivity index (χ0) is 13.9. The number of piperazine rings is 1. The minimum absolute atomic E-state index is 0.760. The van der Waals surface area contributed by atoms with Crippen LogP contribution in [0.4, 0.5) is 0 Å². The van der Waals surface area contributed by atoms with Crippen LogP contribution in [0.15, 0.2) is 0 Å². The Morgan fingerprint density at radius 3 is 2.80 bits per heavy atom. The van der Waals surface area contributed by atoms with Crippen LogP contribution in [0.2, 0.25) is 0 Å². The van der Waals surface area contributed by atoms with E-state index in [9.17, 15) is 0 Å². The Labute approximate surface area is 125 Å². The van der Waals surface area contributed by atoms with Gasteiger partial charge in [-0.05, 0) is 57.5 Å². The van der Waals surface area contributed by atoms with Gasteiger partial charge in [0, 0.05) is 38.3 Å². The third kappa shape index (κ3) is 3.37. The van der Waals surface area contributed by atoms with Crippen LogP contribution in [0.25, 0.3) is 0 Å². The lowest BCUT2D eigenvalue weighted by molar-refractivity contribution is 0.0323. The van der Waals surface area contributed by atoms with Crippen molar-refractivity contribution in [3.8, 4) is 0 Å². The summed E-state index contributed by atoms with van der Waals surface area (Å²) in [5.74, 6) is 1.81. The molecule has 3 heteroatoms. The molecule has 116 valence electrons. The van der Waals surface area contributed by atoms with Crippen molar-refractivity contribution in [3.05, 3.63) is 0 Å². The predicted octanol–water partition coefficient (Wildman–Crippen LogP) is 2.18. The van der Waals surface area contributed by atoms with Gasteiger partial charge < -0.3 is 10.2 Å². The number of hydrogen-bond donors (Lipinski definition) is 1. The smallest absolute Gasteiger partial charge is 0.0223 e. The fourth-order valence-electron chi connectivity index (χ4n) is 4.80. The average molecular weight is 279 g/mol. The molecular weight excluding hydrogens is 246 g/mol. The quantitative estimate of drug-likeness (QED) is 0.854. The molecule has 0 aromatic carbocycles. The first-order chi connectivity index (χ1) is 9.76. The van der Waals surface area contributed by atoms with Gasteiger partial charge in [-0.25, -0.2) is 0 Å². The van der Waals surface area contributed by atoms with Crippen molar-refractivity contribution in [1.29, 1.82) is 0 Å². The first-order valence-electron chi connectivity index (χ1n) is 8.90. The van der Waals surface area contributed by atoms with E-state index in [1.807, 2.05) is 0 Å². The number of hydrogen-bond acceptors (Lipinski definition) is 3. The van der Waals surface area contributed by atoms with E-state index in [4.69, 9.17) is 0 Å². The van der Waals surface area contributed by atoms with Crippen LogP contribution in [0, 0.1) is 11.8 Å². The van der Waals surface area contributed by atoms with Gasteiger partial charge in [-0.3, -0.25) is 4.90 Å². The van der Waals surface area contributed by atoms with Crippen molar-refractivity contribution in [2.45, 2.75) is 57.5 Å². The second kappa shape index (κ2) is 6.76. The summed E-state index contributed by atoms with van der Waals surface area (Å²) in [6.07, 6.45) is 8.54. The van der Waals surface area contributed by atoms with Crippen molar-refractivity contribution in [2.75, 3.05) is 39.8 Å². The third-order valence-electron chi connectivity index (χ3n) is 6.03. The molecule has 4 unspecified atom stereocenters. The molecule has 1 saturated carbocycles. The summed E-state index contributed by atoms with van der Waals surface area (Å²) in [4.78, 5) is 5.53. The molecule has 3 aliphatic rings. The maximum Gasteiger partial charge on any atom is 0.0223 e. The second-order valence-corrected chi connectivity index (χ2v) is 7.52. The minimum atomic E-state index is 0.760. The van der Waals surface area contributed by atoms with Gasteiger partial charge in [-0.15, -0.1) is 0 Å². The zero-order valence-electron chi connectivity index (χ0n) is 13.5. The van der Waals surface area contributed by atoms with Gasteiger partial charge in [0.05, 0.1) is 0 Å². The average Bonchev–Trinajstić information content (AvgIpc) is 2.47. The molecule has 4 atom stereocenters. The zero-order valence-corrected chi connectivity index (χ0v) is 13.5. The van der Waals surface area contributed by atoms with Gasteiger partial charge >= 0.3 is 0 Å². The molecule has 1 aliphatic carbocycles. The summed E-state index contributed by atoms with van der Waals surface area (Å²) < 4.78 is 0. The third-order valence-corrected chi connectivity index (χ3v) is 6.03. The van der Waals surface area contributed by atoms with E-state index in [0.717, 1.165) is 23.9 Å². The van der Waals surface area contributed by atoms with Crippen molar-refractivity contribution >= 4 is 0 Å². The van der Waals surface area contributed by atoms with Gasteiger partial charge in [0.25, 0.3) is 0 Å². The summed E-state index contributed by atoms with van der Waals surface area (Å²) >= 11 is 0. The van der Waals surface area contributed by atoms with Crippen LogP contribution in [-0.2, 0) is 0 Å². The van der Waals surface area contributed by atoms with Gasteiger partial charge in [0.15, 0.2) is 0 Å². The molecule has 0 aromatic heterocycles. The molecule has 3 rings (SSSR count). The summed E-state index contributed by atoms with van der Waals surface area (Å²) in [7, 11) is 2.16. The highest BCUT2D eigenvalue weighted by Crippen LogP contribution is 2.30. The normalized spacial score (nSPS) is 40.5. The number of fused-ring (bicyclic) bond motifs is 1. The summed E-state index contributed by atoms with van der Waals surface area (Å²) in [6, 6.07) is 1.63. The van der Waals surface area contributed by atoms with Crippen LogP contribution in [-0.4, -0.2) is 61.7 Å². The Morgan fingerprint density at radius 1 is 1.05 bits per heavy atom. The Hall–Kier alpha value is -0.120. The standard InChI is InChI=1S/C17H33N3/c1-14-6-7-17(18-2)15(11-14)12-19-9-10-20-8-4-3-5-16(20)13-19/h14-18H,3-13H2,1-2H3. The Balaban J connectivity index is 1.54. The van der Waals surface area contributed by atoms with E-state index in [-0.39, 0.29) is 0 Å². The summed E-state index contributed by atoms with van der Waals surface area (Å²) in [6.45, 7) is 9.09. The highest BCUT2D eigenvalue weighted by atomic mass is 15.3. The van der Waals surface area contributed by atoms with Crippen molar-refractivity contribution in [2.24, 2.45) is 11.8 Å². The monoisotopic (exact) mass is 279 g/mol. The number of rotatable bonds is 3. The van der Waals surface area contributed by atoms with Crippen LogP contribution in [0.3, 0.4) is 0 Å². The number of nitrogens with one attached hydrogen (secondary N) is 1. The molecule has 2 heterocycles. The topological polar surface area (TPSA) is 18.5 Å². The lowest BCUT2D eigenvalue weighted by Crippen LogP contribution is -2.56. The molecule has 20 heavy (non-hydrogen) atoms. The van der Waals surface area contributed by atoms with Gasteiger partial charge in [-0.1, -0.05) is 13.3 Å². The van der Waals surface area contributed by atoms with Crippen molar-refractivity contribution in [3.63, 3.8) is 0 Å². The highest BCUT2D eigenvalue weighted by molar-refractivity contribution is 4.89. The van der Waals surface area contributed by atoms with E-state index in [2.05, 4.69) is 29.1 Å². The van der Waals surface area contributed by atoms with Crippen LogP contribution < -0.4 is 5.32 Å². The molecule has 0 bridgehead atoms. The van der Waals surface area contributed by atoms with Crippen LogP contribution in [0.5, 0.6) is 0 Å². The van der Waals surface area contributed by atoms with Gasteiger partial charge in [0.2, 0.25) is 0 Å². The SMILES string of the molecule is CNC1CCC(C)CC1CN1CCN2CCCCC2C1. The van der Waals surface area contributed by atoms with E-state index >= 15 is 0 Å². The van der Waals surface area contributed by atoms with E-state index in [1.165, 1.54) is 71.2 Å². The maximum absolute atomic E-state index is 3.58. The first kappa shape index (κ1) is 14.8. The molecule has 2 saturated heterocycles. The molecule has 3 nitrogen and oxygen atoms in total. The molecule has 0 aromatic rings. The molecule has 0 radical (unpaired) electrons. The number of piperidine rings is 1. The van der Waals surface area contributed by atoms with Crippen molar-refractivity contribution in [1.82, 2.24) is 15.1 Å².